The predicted molar refractivity (Wildman–Crippen MR) is 158 cm³/mol. The molecular weight excluding hydrogens is 577 g/mol. The number of ether oxygens (including phenoxy) is 1. The first-order valence-corrected chi connectivity index (χ1v) is 19.2. The fraction of sp³-hybridized carbons (Fsp3) is 0.950. The van der Waals surface area contributed by atoms with Gasteiger partial charge in [0.15, 0.2) is 0 Å². The molecule has 7 nitrogen and oxygen atoms in total. The van der Waals surface area contributed by atoms with E-state index in [4.69, 9.17) is 29.4 Å². The van der Waals surface area contributed by atoms with Crippen molar-refractivity contribution in [3.05, 3.63) is 0 Å². The maximum absolute atomic E-state index is 11.8. The Bertz CT molecular complexity index is 415. The van der Waals surface area contributed by atoms with Crippen molar-refractivity contribution >= 4 is 88.3 Å². The molecule has 204 valence electrons. The van der Waals surface area contributed by atoms with E-state index < -0.39 is 0 Å². The van der Waals surface area contributed by atoms with Crippen LogP contribution in [0.15, 0.2) is 0 Å². The monoisotopic (exact) mass is 616 g/mol. The van der Waals surface area contributed by atoms with Gasteiger partial charge in [-0.1, -0.05) is 6.92 Å². The third-order valence-electron chi connectivity index (χ3n) is 3.26. The minimum absolute atomic E-state index is 0.0991. The van der Waals surface area contributed by atoms with Crippen LogP contribution >= 0.6 is 82.3 Å². The van der Waals surface area contributed by atoms with Crippen molar-refractivity contribution in [1.82, 2.24) is 0 Å². The van der Waals surface area contributed by atoms with Crippen LogP contribution in [-0.2, 0) is 29.1 Å². The van der Waals surface area contributed by atoms with Gasteiger partial charge in [0.1, 0.15) is 12.5 Å². The first kappa shape index (κ1) is 35.7. The van der Waals surface area contributed by atoms with Gasteiger partial charge in [-0.05, 0) is 18.6 Å². The second kappa shape index (κ2) is 32.7. The van der Waals surface area contributed by atoms with E-state index in [1.165, 1.54) is 11.8 Å². The highest BCUT2D eigenvalue weighted by atomic mass is 32.2. The molecule has 0 aliphatic heterocycles. The molecule has 1 N–H and O–H groups in total. The van der Waals surface area contributed by atoms with E-state index in [1.807, 2.05) is 47.0 Å². The van der Waals surface area contributed by atoms with Crippen molar-refractivity contribution in [2.24, 2.45) is 0 Å². The summed E-state index contributed by atoms with van der Waals surface area (Å²) in [5, 5.41) is 12.7. The molecular formula is C20H40O7S7. The quantitative estimate of drug-likeness (QED) is 0.0376. The number of aliphatic hydroxyl groups excluding tert-OH is 1. The van der Waals surface area contributed by atoms with E-state index in [0.717, 1.165) is 56.2 Å². The molecule has 0 bridgehead atoms. The van der Waals surface area contributed by atoms with Gasteiger partial charge in [0.05, 0.1) is 32.8 Å². The molecule has 0 fully saturated rings. The molecule has 0 amide bonds. The highest BCUT2D eigenvalue weighted by Gasteiger charge is 2.03. The van der Waals surface area contributed by atoms with Crippen LogP contribution in [0, 0.1) is 0 Å². The lowest BCUT2D eigenvalue weighted by atomic mass is 10.5. The summed E-state index contributed by atoms with van der Waals surface area (Å²) in [7, 11) is 0. The van der Waals surface area contributed by atoms with E-state index in [9.17, 15) is 4.79 Å². The van der Waals surface area contributed by atoms with Crippen LogP contribution in [0.2, 0.25) is 0 Å². The molecule has 0 aromatic carbocycles. The zero-order valence-electron chi connectivity index (χ0n) is 20.0. The summed E-state index contributed by atoms with van der Waals surface area (Å²) >= 11 is 12.6. The van der Waals surface area contributed by atoms with Gasteiger partial charge in [-0.15, -0.1) is 58.8 Å². The first-order valence-electron chi connectivity index (χ1n) is 11.1. The van der Waals surface area contributed by atoms with Gasteiger partial charge in [0.2, 0.25) is 0 Å². The molecule has 0 aromatic rings. The summed E-state index contributed by atoms with van der Waals surface area (Å²) in [6.45, 7) is 4.58. The molecule has 34 heavy (non-hydrogen) atoms. The zero-order valence-corrected chi connectivity index (χ0v) is 25.7. The number of hydrogen-bond donors (Lipinski definition) is 1. The van der Waals surface area contributed by atoms with E-state index in [1.54, 1.807) is 23.5 Å². The molecule has 0 saturated heterocycles. The Labute approximate surface area is 235 Å². The van der Waals surface area contributed by atoms with Crippen LogP contribution in [0.3, 0.4) is 0 Å². The predicted octanol–water partition coefficient (Wildman–Crippen LogP) is 5.53. The highest BCUT2D eigenvalue weighted by Crippen LogP contribution is 2.19. The van der Waals surface area contributed by atoms with Gasteiger partial charge in [0.25, 0.3) is 0 Å². The van der Waals surface area contributed by atoms with Crippen LogP contribution < -0.4 is 0 Å². The second-order valence-electron chi connectivity index (χ2n) is 6.17. The molecule has 0 aromatic heterocycles. The Morgan fingerprint density at radius 3 is 1.97 bits per heavy atom. The zero-order chi connectivity index (χ0) is 24.8. The number of aliphatic hydroxyl groups is 1. The lowest BCUT2D eigenvalue weighted by Gasteiger charge is -2.06. The van der Waals surface area contributed by atoms with Crippen molar-refractivity contribution in [3.63, 3.8) is 0 Å². The fourth-order valence-corrected chi connectivity index (χ4v) is 8.69. The molecule has 0 aliphatic carbocycles. The molecule has 0 radical (unpaired) electrons. The van der Waals surface area contributed by atoms with E-state index in [2.05, 4.69) is 6.92 Å². The summed E-state index contributed by atoms with van der Waals surface area (Å²) in [5.41, 5.74) is 0. The Morgan fingerprint density at radius 1 is 0.647 bits per heavy atom. The van der Waals surface area contributed by atoms with Gasteiger partial charge >= 0.3 is 5.97 Å². The summed E-state index contributed by atoms with van der Waals surface area (Å²) < 4.78 is 5.29. The van der Waals surface area contributed by atoms with Crippen molar-refractivity contribution in [3.8, 4) is 0 Å². The highest BCUT2D eigenvalue weighted by molar-refractivity contribution is 8.23. The molecule has 14 heteroatoms. The molecule has 0 aliphatic rings. The Morgan fingerprint density at radius 2 is 1.26 bits per heavy atom. The lowest BCUT2D eigenvalue weighted by molar-refractivity contribution is -0.290. The summed E-state index contributed by atoms with van der Waals surface area (Å²) in [6.07, 6.45) is 2.40. The standard InChI is InChI=1S/C20H40O7S7/c1-2-6-24-26-9-14-32-19-34-18-31-13-8-23-20(22)4-11-30-17-33-16-29-10-3-7-25-27-15-28-12-5-21/h21H,2-19H2,1H3. The number of carbonyl (C=O) groups excluding carboxylic acids is 1. The number of thioether (sulfide) groups is 7. The van der Waals surface area contributed by atoms with Gasteiger partial charge in [-0.2, -0.15) is 23.5 Å². The molecule has 0 unspecified atom stereocenters. The summed E-state index contributed by atoms with van der Waals surface area (Å²) in [5.74, 6) is 4.66. The van der Waals surface area contributed by atoms with Crippen molar-refractivity contribution < 1.29 is 34.2 Å². The number of hydrogen-bond acceptors (Lipinski definition) is 14. The topological polar surface area (TPSA) is 83.5 Å². The first-order chi connectivity index (χ1) is 16.8. The molecule has 0 saturated carbocycles. The minimum atomic E-state index is -0.0991. The Hall–Kier alpha value is 1.72. The third-order valence-corrected chi connectivity index (χ3v) is 11.3. The van der Waals surface area contributed by atoms with Crippen molar-refractivity contribution in [2.45, 2.75) is 26.2 Å². The van der Waals surface area contributed by atoms with Crippen LogP contribution in [0.4, 0.5) is 0 Å². The Balaban J connectivity index is 3.14. The number of esters is 1. The summed E-state index contributed by atoms with van der Waals surface area (Å²) in [4.78, 5) is 31.8. The maximum Gasteiger partial charge on any atom is 0.306 e. The summed E-state index contributed by atoms with van der Waals surface area (Å²) in [6, 6.07) is 0. The van der Waals surface area contributed by atoms with E-state index in [-0.39, 0.29) is 12.6 Å². The van der Waals surface area contributed by atoms with Crippen molar-refractivity contribution in [2.75, 3.05) is 88.1 Å². The average Bonchev–Trinajstić information content (AvgIpc) is 2.84. The fourth-order valence-electron chi connectivity index (χ4n) is 1.75. The van der Waals surface area contributed by atoms with E-state index in [0.29, 0.717) is 44.5 Å². The SMILES string of the molecule is CCCOOCCSCSCSCCOC(=O)CCSCSCSCCCOOCSCCO. The largest absolute Gasteiger partial charge is 0.465 e. The average molecular weight is 617 g/mol. The van der Waals surface area contributed by atoms with Gasteiger partial charge in [-0.3, -0.25) is 4.79 Å². The van der Waals surface area contributed by atoms with Gasteiger partial charge in [0, 0.05) is 43.4 Å². The molecule has 0 spiro atoms. The van der Waals surface area contributed by atoms with Crippen LogP contribution in [0.1, 0.15) is 26.2 Å². The second-order valence-corrected chi connectivity index (χ2v) is 15.1. The molecule has 0 rings (SSSR count). The Kier molecular flexibility index (Phi) is 34.4. The lowest BCUT2D eigenvalue weighted by Crippen LogP contribution is -2.08. The van der Waals surface area contributed by atoms with Crippen LogP contribution in [0.5, 0.6) is 0 Å². The van der Waals surface area contributed by atoms with Crippen LogP contribution in [0.25, 0.3) is 0 Å². The van der Waals surface area contributed by atoms with Crippen molar-refractivity contribution in [1.29, 1.82) is 0 Å². The van der Waals surface area contributed by atoms with E-state index >= 15 is 0 Å². The van der Waals surface area contributed by atoms with Gasteiger partial charge in [-0.25, -0.2) is 19.6 Å². The van der Waals surface area contributed by atoms with Crippen LogP contribution in [-0.4, -0.2) is 99.2 Å². The van der Waals surface area contributed by atoms with Gasteiger partial charge < -0.3 is 9.84 Å². The molecule has 0 heterocycles. The smallest absolute Gasteiger partial charge is 0.306 e. The normalized spacial score (nSPS) is 11.2. The number of carbonyl (C=O) groups is 1. The maximum atomic E-state index is 11.8. The third kappa shape index (κ3) is 31.7. The molecule has 0 atom stereocenters. The number of rotatable bonds is 29. The minimum Gasteiger partial charge on any atom is -0.465 e.